The van der Waals surface area contributed by atoms with Gasteiger partial charge in [-0.05, 0) is 42.5 Å². The number of hydrogen-bond acceptors (Lipinski definition) is 5. The Morgan fingerprint density at radius 1 is 1.00 bits per heavy atom. The third-order valence-corrected chi connectivity index (χ3v) is 6.38. The molecular weight excluding hydrogens is 452 g/mol. The number of amides is 3. The molecule has 1 aliphatic rings. The van der Waals surface area contributed by atoms with Gasteiger partial charge in [-0.25, -0.2) is 0 Å². The number of hydrogen-bond donors (Lipinski definition) is 2. The lowest BCUT2D eigenvalue weighted by Crippen LogP contribution is -2.52. The number of pyridine rings is 1. The number of aromatic nitrogens is 1. The van der Waals surface area contributed by atoms with E-state index in [9.17, 15) is 19.2 Å². The molecule has 0 spiro atoms. The van der Waals surface area contributed by atoms with Crippen LogP contribution in [-0.2, 0) is 4.79 Å². The summed E-state index contributed by atoms with van der Waals surface area (Å²) in [6, 6.07) is 13.0. The maximum atomic E-state index is 12.8. The smallest absolute Gasteiger partial charge is 0.261 e. The zero-order chi connectivity index (χ0) is 22.8. The Hall–Kier alpha value is -3.43. The first kappa shape index (κ1) is 21.8. The van der Waals surface area contributed by atoms with Crippen molar-refractivity contribution in [2.45, 2.75) is 12.1 Å². The molecule has 0 aliphatic carbocycles. The lowest BCUT2D eigenvalue weighted by Gasteiger charge is -2.19. The van der Waals surface area contributed by atoms with Crippen LogP contribution < -0.4 is 16.2 Å². The summed E-state index contributed by atoms with van der Waals surface area (Å²) in [6.45, 7) is 0.268. The molecule has 3 amide bonds. The lowest BCUT2D eigenvalue weighted by molar-refractivity contribution is -0.128. The van der Waals surface area contributed by atoms with Crippen molar-refractivity contribution in [3.8, 4) is 5.69 Å². The van der Waals surface area contributed by atoms with Crippen molar-refractivity contribution in [1.29, 1.82) is 0 Å². The number of likely N-dealkylation sites (N-methyl/N-ethyl adjacent to an activating group) is 1. The first-order valence-electron chi connectivity index (χ1n) is 9.73. The van der Waals surface area contributed by atoms with Crippen LogP contribution in [0.3, 0.4) is 0 Å². The van der Waals surface area contributed by atoms with Gasteiger partial charge in [-0.15, -0.1) is 11.3 Å². The first-order chi connectivity index (χ1) is 15.3. The molecule has 0 unspecified atom stereocenters. The van der Waals surface area contributed by atoms with Crippen molar-refractivity contribution in [3.63, 3.8) is 0 Å². The van der Waals surface area contributed by atoms with Gasteiger partial charge in [0.25, 0.3) is 17.4 Å². The molecule has 3 aromatic rings. The maximum Gasteiger partial charge on any atom is 0.261 e. The molecule has 32 heavy (non-hydrogen) atoms. The van der Waals surface area contributed by atoms with Crippen molar-refractivity contribution in [3.05, 3.63) is 85.9 Å². The fourth-order valence-corrected chi connectivity index (χ4v) is 4.45. The summed E-state index contributed by atoms with van der Waals surface area (Å²) in [5.41, 5.74) is 0.758. The van der Waals surface area contributed by atoms with Crippen LogP contribution in [0.25, 0.3) is 5.69 Å². The van der Waals surface area contributed by atoms with Gasteiger partial charge in [0.15, 0.2) is 0 Å². The molecule has 1 aromatic carbocycles. The second-order valence-electron chi connectivity index (χ2n) is 7.31. The predicted molar refractivity (Wildman–Crippen MR) is 122 cm³/mol. The van der Waals surface area contributed by atoms with Gasteiger partial charge in [0.05, 0.1) is 15.3 Å². The summed E-state index contributed by atoms with van der Waals surface area (Å²) in [5.74, 6) is -1.10. The summed E-state index contributed by atoms with van der Waals surface area (Å²) < 4.78 is 1.94. The van der Waals surface area contributed by atoms with Gasteiger partial charge in [-0.3, -0.25) is 23.7 Å². The van der Waals surface area contributed by atoms with Crippen molar-refractivity contribution in [2.75, 3.05) is 13.6 Å². The molecular formula is C22H19ClN4O4S. The standard InChI is InChI=1S/C22H19ClN4O4S/c1-26-12-15(24-21(30)16-9-10-17(23)32-16)19(22(26)31)25-20(29)13-5-7-14(8-6-13)27-11-3-2-4-18(27)28/h2-11,15,19H,12H2,1H3,(H,24,30)(H,25,29)/t15-,19-/m1/s1. The van der Waals surface area contributed by atoms with Crippen molar-refractivity contribution >= 4 is 40.7 Å². The summed E-state index contributed by atoms with van der Waals surface area (Å²) >= 11 is 7.03. The Morgan fingerprint density at radius 3 is 2.41 bits per heavy atom. The molecule has 10 heteroatoms. The van der Waals surface area contributed by atoms with Gasteiger partial charge in [0, 0.05) is 37.1 Å². The van der Waals surface area contributed by atoms with Crippen LogP contribution in [0.2, 0.25) is 4.34 Å². The Balaban J connectivity index is 1.48. The number of nitrogens with zero attached hydrogens (tertiary/aromatic N) is 2. The normalized spacial score (nSPS) is 17.9. The number of nitrogens with one attached hydrogen (secondary N) is 2. The Morgan fingerprint density at radius 2 is 1.75 bits per heavy atom. The Kier molecular flexibility index (Phi) is 6.11. The van der Waals surface area contributed by atoms with E-state index < -0.39 is 18.0 Å². The summed E-state index contributed by atoms with van der Waals surface area (Å²) in [7, 11) is 1.61. The largest absolute Gasteiger partial charge is 0.344 e. The molecule has 0 bridgehead atoms. The highest BCUT2D eigenvalue weighted by molar-refractivity contribution is 7.18. The van der Waals surface area contributed by atoms with Crippen LogP contribution in [0, 0.1) is 0 Å². The average Bonchev–Trinajstić information content (AvgIpc) is 3.33. The van der Waals surface area contributed by atoms with Crippen molar-refractivity contribution in [1.82, 2.24) is 20.1 Å². The number of benzene rings is 1. The molecule has 2 aromatic heterocycles. The van der Waals surface area contributed by atoms with Crippen LogP contribution in [-0.4, -0.2) is 52.9 Å². The van der Waals surface area contributed by atoms with E-state index in [1.165, 1.54) is 15.5 Å². The summed E-state index contributed by atoms with van der Waals surface area (Å²) in [6.07, 6.45) is 1.64. The van der Waals surface area contributed by atoms with Gasteiger partial charge < -0.3 is 15.5 Å². The third-order valence-electron chi connectivity index (χ3n) is 5.15. The maximum absolute atomic E-state index is 12.8. The van der Waals surface area contributed by atoms with E-state index in [2.05, 4.69) is 10.6 Å². The Labute approximate surface area is 192 Å². The third kappa shape index (κ3) is 4.44. The molecule has 164 valence electrons. The van der Waals surface area contributed by atoms with E-state index in [4.69, 9.17) is 11.6 Å². The highest BCUT2D eigenvalue weighted by Crippen LogP contribution is 2.22. The van der Waals surface area contributed by atoms with Crippen LogP contribution in [0.1, 0.15) is 20.0 Å². The van der Waals surface area contributed by atoms with Crippen LogP contribution in [0.5, 0.6) is 0 Å². The highest BCUT2D eigenvalue weighted by atomic mass is 35.5. The second-order valence-corrected chi connectivity index (χ2v) is 9.02. The monoisotopic (exact) mass is 470 g/mol. The molecule has 4 rings (SSSR count). The van der Waals surface area contributed by atoms with Crippen LogP contribution >= 0.6 is 22.9 Å². The molecule has 1 aliphatic heterocycles. The predicted octanol–water partition coefficient (Wildman–Crippen LogP) is 1.92. The number of carbonyl (C=O) groups is 3. The fourth-order valence-electron chi connectivity index (χ4n) is 3.51. The van der Waals surface area contributed by atoms with Gasteiger partial charge in [-0.2, -0.15) is 0 Å². The first-order valence-corrected chi connectivity index (χ1v) is 10.9. The molecule has 3 heterocycles. The number of likely N-dealkylation sites (tertiary alicyclic amines) is 1. The van der Waals surface area contributed by atoms with E-state index in [1.54, 1.807) is 61.8 Å². The average molecular weight is 471 g/mol. The highest BCUT2D eigenvalue weighted by Gasteiger charge is 2.40. The molecule has 0 saturated carbocycles. The van der Waals surface area contributed by atoms with Gasteiger partial charge >= 0.3 is 0 Å². The minimum Gasteiger partial charge on any atom is -0.344 e. The zero-order valence-electron chi connectivity index (χ0n) is 16.9. The second kappa shape index (κ2) is 8.97. The molecule has 8 nitrogen and oxygen atoms in total. The van der Waals surface area contributed by atoms with Gasteiger partial charge in [-0.1, -0.05) is 17.7 Å². The van der Waals surface area contributed by atoms with E-state index >= 15 is 0 Å². The molecule has 0 radical (unpaired) electrons. The molecule has 1 fully saturated rings. The number of thiophene rings is 1. The fraction of sp³-hybridized carbons (Fsp3) is 0.182. The van der Waals surface area contributed by atoms with Gasteiger partial charge in [0.2, 0.25) is 5.91 Å². The number of rotatable bonds is 5. The van der Waals surface area contributed by atoms with Gasteiger partial charge in [0.1, 0.15) is 6.04 Å². The van der Waals surface area contributed by atoms with Crippen molar-refractivity contribution < 1.29 is 14.4 Å². The number of halogens is 1. The van der Waals surface area contributed by atoms with E-state index in [1.807, 2.05) is 0 Å². The summed E-state index contributed by atoms with van der Waals surface area (Å²) in [4.78, 5) is 51.7. The van der Waals surface area contributed by atoms with Crippen molar-refractivity contribution in [2.24, 2.45) is 0 Å². The molecule has 1 saturated heterocycles. The van der Waals surface area contributed by atoms with E-state index in [0.717, 1.165) is 11.3 Å². The zero-order valence-corrected chi connectivity index (χ0v) is 18.5. The van der Waals surface area contributed by atoms with E-state index in [0.29, 0.717) is 20.5 Å². The molecule has 2 N–H and O–H groups in total. The van der Waals surface area contributed by atoms with Crippen LogP contribution in [0.4, 0.5) is 0 Å². The minimum absolute atomic E-state index is 0.185. The van der Waals surface area contributed by atoms with Crippen LogP contribution in [0.15, 0.2) is 65.6 Å². The lowest BCUT2D eigenvalue weighted by atomic mass is 10.1. The SMILES string of the molecule is CN1C[C@@H](NC(=O)c2ccc(Cl)s2)[C@@H](NC(=O)c2ccc(-n3ccccc3=O)cc2)C1=O. The molecule has 2 atom stereocenters. The Bertz CT molecular complexity index is 1240. The minimum atomic E-state index is -0.900. The summed E-state index contributed by atoms with van der Waals surface area (Å²) in [5, 5.41) is 5.53. The topological polar surface area (TPSA) is 101 Å². The van der Waals surface area contributed by atoms with E-state index in [-0.39, 0.29) is 23.9 Å². The number of carbonyl (C=O) groups excluding carboxylic acids is 3. The quantitative estimate of drug-likeness (QED) is 0.595.